The quantitative estimate of drug-likeness (QED) is 0.734. The molecule has 0 radical (unpaired) electrons. The molecule has 1 saturated heterocycles. The number of phenols is 1. The van der Waals surface area contributed by atoms with Crippen LogP contribution in [0.4, 0.5) is 0 Å². The highest BCUT2D eigenvalue weighted by Gasteiger charge is 2.24. The van der Waals surface area contributed by atoms with Crippen LogP contribution < -0.4 is 5.32 Å². The Balaban J connectivity index is 2.04. The summed E-state index contributed by atoms with van der Waals surface area (Å²) in [6.07, 6.45) is 5.93. The predicted molar refractivity (Wildman–Crippen MR) is 60.1 cm³/mol. The van der Waals surface area contributed by atoms with Gasteiger partial charge in [-0.25, -0.2) is 0 Å². The zero-order chi connectivity index (χ0) is 10.3. The molecule has 1 atom stereocenters. The highest BCUT2D eigenvalue weighted by Crippen LogP contribution is 2.37. The molecule has 0 saturated carbocycles. The van der Waals surface area contributed by atoms with Crippen LogP contribution in [0, 0.1) is 0 Å². The lowest BCUT2D eigenvalue weighted by molar-refractivity contribution is 0.468. The molecule has 0 unspecified atom stereocenters. The van der Waals surface area contributed by atoms with Crippen molar-refractivity contribution in [3.63, 3.8) is 0 Å². The van der Waals surface area contributed by atoms with E-state index in [1.54, 1.807) is 0 Å². The highest BCUT2D eigenvalue weighted by atomic mass is 16.3. The average Bonchev–Trinajstić information content (AvgIpc) is 2.88. The standard InChI is InChI=1S/C13H17NO/c15-13-7-6-10(12-5-2-8-14-12)9-3-1-4-11(9)13/h6-7,12,14-15H,1-5,8H2/t12-/m1/s1. The van der Waals surface area contributed by atoms with Gasteiger partial charge in [0.15, 0.2) is 0 Å². The second-order valence-corrected chi connectivity index (χ2v) is 4.63. The molecular formula is C13H17NO. The molecule has 2 heteroatoms. The van der Waals surface area contributed by atoms with E-state index in [1.165, 1.54) is 36.0 Å². The Bertz CT molecular complexity index is 380. The molecule has 0 spiro atoms. The van der Waals surface area contributed by atoms with E-state index in [4.69, 9.17) is 0 Å². The first-order valence-corrected chi connectivity index (χ1v) is 5.93. The number of aromatic hydroxyl groups is 1. The van der Waals surface area contributed by atoms with Gasteiger partial charge in [-0.3, -0.25) is 0 Å². The average molecular weight is 203 g/mol. The van der Waals surface area contributed by atoms with Crippen molar-refractivity contribution in [2.45, 2.75) is 38.1 Å². The van der Waals surface area contributed by atoms with Crippen LogP contribution in [0.5, 0.6) is 5.75 Å². The Kier molecular flexibility index (Phi) is 2.17. The fourth-order valence-corrected chi connectivity index (χ4v) is 2.99. The van der Waals surface area contributed by atoms with Gasteiger partial charge in [-0.05, 0) is 61.4 Å². The summed E-state index contributed by atoms with van der Waals surface area (Å²) in [6, 6.07) is 4.53. The lowest BCUT2D eigenvalue weighted by atomic mass is 9.96. The Morgan fingerprint density at radius 3 is 2.80 bits per heavy atom. The third-order valence-corrected chi connectivity index (χ3v) is 3.73. The first-order chi connectivity index (χ1) is 7.36. The molecule has 2 aliphatic rings. The SMILES string of the molecule is Oc1ccc([C@H]2CCCN2)c2c1CCC2. The van der Waals surface area contributed by atoms with Crippen molar-refractivity contribution in [2.75, 3.05) is 6.54 Å². The maximum Gasteiger partial charge on any atom is 0.119 e. The Hall–Kier alpha value is -1.02. The van der Waals surface area contributed by atoms with Gasteiger partial charge in [0, 0.05) is 6.04 Å². The fraction of sp³-hybridized carbons (Fsp3) is 0.538. The van der Waals surface area contributed by atoms with Gasteiger partial charge < -0.3 is 10.4 Å². The van der Waals surface area contributed by atoms with E-state index in [1.807, 2.05) is 6.07 Å². The molecule has 0 bridgehead atoms. The maximum absolute atomic E-state index is 9.78. The minimum absolute atomic E-state index is 0.504. The van der Waals surface area contributed by atoms with Gasteiger partial charge in [-0.1, -0.05) is 6.07 Å². The van der Waals surface area contributed by atoms with Crippen LogP contribution in [0.25, 0.3) is 0 Å². The molecule has 2 N–H and O–H groups in total. The fourth-order valence-electron chi connectivity index (χ4n) is 2.99. The van der Waals surface area contributed by atoms with Crippen LogP contribution in [-0.2, 0) is 12.8 Å². The van der Waals surface area contributed by atoms with Crippen LogP contribution in [-0.4, -0.2) is 11.7 Å². The number of fused-ring (bicyclic) bond motifs is 1. The minimum atomic E-state index is 0.504. The second kappa shape index (κ2) is 3.53. The molecule has 1 heterocycles. The first-order valence-electron chi connectivity index (χ1n) is 5.93. The van der Waals surface area contributed by atoms with E-state index in [0.717, 1.165) is 19.4 Å². The Labute approximate surface area is 90.3 Å². The zero-order valence-electron chi connectivity index (χ0n) is 8.92. The molecule has 3 rings (SSSR count). The highest BCUT2D eigenvalue weighted by molar-refractivity contribution is 5.48. The largest absolute Gasteiger partial charge is 0.508 e. The van der Waals surface area contributed by atoms with Crippen molar-refractivity contribution >= 4 is 0 Å². The lowest BCUT2D eigenvalue weighted by Gasteiger charge is -2.16. The number of hydrogen-bond donors (Lipinski definition) is 2. The summed E-state index contributed by atoms with van der Waals surface area (Å²) in [5.41, 5.74) is 4.08. The summed E-state index contributed by atoms with van der Waals surface area (Å²) < 4.78 is 0. The van der Waals surface area contributed by atoms with Crippen molar-refractivity contribution in [1.82, 2.24) is 5.32 Å². The third kappa shape index (κ3) is 1.44. The molecule has 1 fully saturated rings. The first kappa shape index (κ1) is 9.22. The van der Waals surface area contributed by atoms with Gasteiger partial charge in [-0.15, -0.1) is 0 Å². The smallest absolute Gasteiger partial charge is 0.119 e. The summed E-state index contributed by atoms with van der Waals surface area (Å²) in [7, 11) is 0. The Morgan fingerprint density at radius 2 is 2.00 bits per heavy atom. The molecule has 2 nitrogen and oxygen atoms in total. The monoisotopic (exact) mass is 203 g/mol. The summed E-state index contributed by atoms with van der Waals surface area (Å²) in [4.78, 5) is 0. The van der Waals surface area contributed by atoms with Gasteiger partial charge in [0.1, 0.15) is 5.75 Å². The van der Waals surface area contributed by atoms with Crippen molar-refractivity contribution in [3.8, 4) is 5.75 Å². The van der Waals surface area contributed by atoms with Crippen LogP contribution in [0.2, 0.25) is 0 Å². The number of rotatable bonds is 1. The summed E-state index contributed by atoms with van der Waals surface area (Å²) >= 11 is 0. The van der Waals surface area contributed by atoms with Crippen molar-refractivity contribution in [2.24, 2.45) is 0 Å². The van der Waals surface area contributed by atoms with Gasteiger partial charge >= 0.3 is 0 Å². The third-order valence-electron chi connectivity index (χ3n) is 3.73. The van der Waals surface area contributed by atoms with Crippen LogP contribution in [0.3, 0.4) is 0 Å². The van der Waals surface area contributed by atoms with E-state index in [2.05, 4.69) is 11.4 Å². The minimum Gasteiger partial charge on any atom is -0.508 e. The van der Waals surface area contributed by atoms with Crippen LogP contribution >= 0.6 is 0 Å². The lowest BCUT2D eigenvalue weighted by Crippen LogP contribution is -2.14. The van der Waals surface area contributed by atoms with E-state index in [9.17, 15) is 5.11 Å². The van der Waals surface area contributed by atoms with E-state index < -0.39 is 0 Å². The van der Waals surface area contributed by atoms with Crippen LogP contribution in [0.15, 0.2) is 12.1 Å². The summed E-state index contributed by atoms with van der Waals surface area (Å²) in [6.45, 7) is 1.14. The van der Waals surface area contributed by atoms with Crippen molar-refractivity contribution in [3.05, 3.63) is 28.8 Å². The summed E-state index contributed by atoms with van der Waals surface area (Å²) in [5, 5.41) is 13.3. The summed E-state index contributed by atoms with van der Waals surface area (Å²) in [5.74, 6) is 0.504. The molecule has 1 aromatic carbocycles. The van der Waals surface area contributed by atoms with Gasteiger partial charge in [0.25, 0.3) is 0 Å². The van der Waals surface area contributed by atoms with E-state index in [0.29, 0.717) is 11.8 Å². The molecule has 1 aliphatic carbocycles. The topological polar surface area (TPSA) is 32.3 Å². The predicted octanol–water partition coefficient (Wildman–Crippen LogP) is 2.31. The zero-order valence-corrected chi connectivity index (χ0v) is 8.92. The van der Waals surface area contributed by atoms with Gasteiger partial charge in [0.05, 0.1) is 0 Å². The molecule has 1 aliphatic heterocycles. The number of phenolic OH excluding ortho intramolecular Hbond substituents is 1. The Morgan fingerprint density at radius 1 is 1.13 bits per heavy atom. The van der Waals surface area contributed by atoms with Gasteiger partial charge in [0.2, 0.25) is 0 Å². The number of nitrogens with one attached hydrogen (secondary N) is 1. The van der Waals surface area contributed by atoms with Crippen molar-refractivity contribution in [1.29, 1.82) is 0 Å². The molecule has 0 aromatic heterocycles. The van der Waals surface area contributed by atoms with Crippen molar-refractivity contribution < 1.29 is 5.11 Å². The second-order valence-electron chi connectivity index (χ2n) is 4.63. The van der Waals surface area contributed by atoms with Gasteiger partial charge in [-0.2, -0.15) is 0 Å². The maximum atomic E-state index is 9.78. The van der Waals surface area contributed by atoms with E-state index in [-0.39, 0.29) is 0 Å². The number of hydrogen-bond acceptors (Lipinski definition) is 2. The molecule has 15 heavy (non-hydrogen) atoms. The normalized spacial score (nSPS) is 24.4. The molecular weight excluding hydrogens is 186 g/mol. The van der Waals surface area contributed by atoms with Crippen LogP contribution in [0.1, 0.15) is 42.0 Å². The number of benzene rings is 1. The molecule has 0 amide bonds. The molecule has 1 aromatic rings. The molecule has 80 valence electrons. The van der Waals surface area contributed by atoms with E-state index >= 15 is 0 Å².